The lowest BCUT2D eigenvalue weighted by molar-refractivity contribution is -0.167. The Balaban J connectivity index is 4.43. The fourth-order valence-corrected chi connectivity index (χ4v) is 5.33. The zero-order chi connectivity index (χ0) is 40.1. The van der Waals surface area contributed by atoms with Gasteiger partial charge in [-0.25, -0.2) is 0 Å². The first-order valence-electron chi connectivity index (χ1n) is 21.7. The highest BCUT2D eigenvalue weighted by atomic mass is 16.6. The summed E-state index contributed by atoms with van der Waals surface area (Å²) in [6.45, 7) is 6.24. The van der Waals surface area contributed by atoms with Crippen molar-refractivity contribution in [2.24, 2.45) is 0 Å². The van der Waals surface area contributed by atoms with Crippen molar-refractivity contribution < 1.29 is 28.6 Å². The van der Waals surface area contributed by atoms with E-state index in [9.17, 15) is 14.4 Å². The van der Waals surface area contributed by atoms with E-state index in [2.05, 4.69) is 118 Å². The largest absolute Gasteiger partial charge is 0.462 e. The van der Waals surface area contributed by atoms with Crippen LogP contribution in [0.1, 0.15) is 175 Å². The molecule has 0 radical (unpaired) electrons. The Hall–Kier alpha value is -3.67. The van der Waals surface area contributed by atoms with Crippen LogP contribution in [0.3, 0.4) is 0 Å². The van der Waals surface area contributed by atoms with Crippen molar-refractivity contribution in [1.29, 1.82) is 0 Å². The monoisotopic (exact) mass is 763 g/mol. The molecule has 1 atom stereocenters. The van der Waals surface area contributed by atoms with Gasteiger partial charge in [0, 0.05) is 19.3 Å². The molecule has 6 nitrogen and oxygen atoms in total. The van der Waals surface area contributed by atoms with E-state index in [-0.39, 0.29) is 37.5 Å². The Morgan fingerprint density at radius 3 is 1.20 bits per heavy atom. The molecule has 0 aromatic rings. The van der Waals surface area contributed by atoms with Crippen molar-refractivity contribution in [3.8, 4) is 0 Å². The van der Waals surface area contributed by atoms with Gasteiger partial charge < -0.3 is 14.2 Å². The molecule has 0 fully saturated rings. The number of carbonyl (C=O) groups excluding carboxylic acids is 3. The summed E-state index contributed by atoms with van der Waals surface area (Å²) in [5.74, 6) is -1.04. The molecule has 0 N–H and O–H groups in total. The standard InChI is InChI=1S/C49H78O6/c1-4-7-10-13-16-19-20-21-22-23-24-25-26-27-28-31-33-36-39-42-48(51)54-45-46(55-49(52)43-40-37-34-30-18-15-12-9-6-3)44-53-47(50)41-38-35-32-29-17-14-11-8-5-2/h7,9-10,12,16,18-19,21-22,24-25,27-30,32,46H,4-6,8,11,13-15,17,20,23,26,31,33-45H2,1-3H3/b10-7-,12-9-,19-16-,22-21-,25-24-,28-27-,30-18-,32-29-. The summed E-state index contributed by atoms with van der Waals surface area (Å²) < 4.78 is 16.5. The zero-order valence-electron chi connectivity index (χ0n) is 35.1. The fourth-order valence-electron chi connectivity index (χ4n) is 5.33. The Morgan fingerprint density at radius 2 is 0.727 bits per heavy atom. The van der Waals surface area contributed by atoms with Crippen LogP contribution in [0.5, 0.6) is 0 Å². The van der Waals surface area contributed by atoms with Crippen molar-refractivity contribution in [3.63, 3.8) is 0 Å². The first-order chi connectivity index (χ1) is 27.0. The van der Waals surface area contributed by atoms with Crippen LogP contribution in [-0.4, -0.2) is 37.2 Å². The van der Waals surface area contributed by atoms with Gasteiger partial charge in [0.15, 0.2) is 6.10 Å². The average molecular weight is 763 g/mol. The topological polar surface area (TPSA) is 78.9 Å². The predicted molar refractivity (Wildman–Crippen MR) is 233 cm³/mol. The zero-order valence-corrected chi connectivity index (χ0v) is 35.1. The molecule has 1 unspecified atom stereocenters. The van der Waals surface area contributed by atoms with Crippen molar-refractivity contribution >= 4 is 17.9 Å². The first kappa shape index (κ1) is 51.3. The minimum absolute atomic E-state index is 0.118. The number of hydrogen-bond donors (Lipinski definition) is 0. The third-order valence-electron chi connectivity index (χ3n) is 8.55. The second kappa shape index (κ2) is 43.1. The second-order valence-electron chi connectivity index (χ2n) is 13.8. The van der Waals surface area contributed by atoms with Gasteiger partial charge in [-0.3, -0.25) is 14.4 Å². The van der Waals surface area contributed by atoms with E-state index < -0.39 is 6.10 Å². The summed E-state index contributed by atoms with van der Waals surface area (Å²) in [6.07, 6.45) is 55.6. The van der Waals surface area contributed by atoms with Crippen molar-refractivity contribution in [1.82, 2.24) is 0 Å². The summed E-state index contributed by atoms with van der Waals surface area (Å²) in [7, 11) is 0. The Morgan fingerprint density at radius 1 is 0.382 bits per heavy atom. The molecule has 310 valence electrons. The number of hydrogen-bond acceptors (Lipinski definition) is 6. The van der Waals surface area contributed by atoms with Crippen LogP contribution in [0.25, 0.3) is 0 Å². The molecule has 0 bridgehead atoms. The maximum absolute atomic E-state index is 12.6. The van der Waals surface area contributed by atoms with Gasteiger partial charge in [-0.2, -0.15) is 0 Å². The third-order valence-corrected chi connectivity index (χ3v) is 8.55. The Bertz CT molecular complexity index is 1150. The smallest absolute Gasteiger partial charge is 0.306 e. The highest BCUT2D eigenvalue weighted by Crippen LogP contribution is 2.10. The van der Waals surface area contributed by atoms with Crippen LogP contribution in [0.15, 0.2) is 97.2 Å². The minimum atomic E-state index is -0.816. The van der Waals surface area contributed by atoms with Crippen molar-refractivity contribution in [2.75, 3.05) is 13.2 Å². The number of ether oxygens (including phenoxy) is 3. The molecule has 0 aliphatic heterocycles. The van der Waals surface area contributed by atoms with Crippen LogP contribution in [0.2, 0.25) is 0 Å². The summed E-state index contributed by atoms with van der Waals surface area (Å²) in [6, 6.07) is 0. The number of carbonyl (C=O) groups is 3. The van der Waals surface area contributed by atoms with Gasteiger partial charge in [-0.05, 0) is 109 Å². The maximum atomic E-state index is 12.6. The van der Waals surface area contributed by atoms with Gasteiger partial charge in [0.1, 0.15) is 13.2 Å². The molecule has 0 rings (SSSR count). The molecule has 0 amide bonds. The molecular weight excluding hydrogens is 685 g/mol. The quantitative estimate of drug-likeness (QED) is 0.0271. The molecule has 0 saturated heterocycles. The van der Waals surface area contributed by atoms with Gasteiger partial charge in [0.05, 0.1) is 0 Å². The van der Waals surface area contributed by atoms with Gasteiger partial charge >= 0.3 is 17.9 Å². The SMILES string of the molecule is CC/C=C\C/C=C\C/C=C\C/C=C\C/C=C\CCCCCC(=O)OCC(COC(=O)CCC/C=C\CCCCCC)OC(=O)CCCC/C=C\C/C=C\CC. The average Bonchev–Trinajstić information content (AvgIpc) is 3.18. The number of unbranched alkanes of at least 4 members (excludes halogenated alkanes) is 10. The molecule has 0 saturated carbocycles. The van der Waals surface area contributed by atoms with E-state index in [0.717, 1.165) is 96.3 Å². The molecule has 0 aromatic carbocycles. The van der Waals surface area contributed by atoms with Gasteiger partial charge in [-0.1, -0.05) is 144 Å². The summed E-state index contributed by atoms with van der Waals surface area (Å²) in [4.78, 5) is 37.5. The van der Waals surface area contributed by atoms with Crippen molar-refractivity contribution in [2.45, 2.75) is 181 Å². The van der Waals surface area contributed by atoms with E-state index in [0.29, 0.717) is 25.7 Å². The van der Waals surface area contributed by atoms with E-state index in [4.69, 9.17) is 14.2 Å². The summed E-state index contributed by atoms with van der Waals surface area (Å²) >= 11 is 0. The molecule has 6 heteroatoms. The van der Waals surface area contributed by atoms with Crippen LogP contribution in [-0.2, 0) is 28.6 Å². The summed E-state index contributed by atoms with van der Waals surface area (Å²) in [5, 5.41) is 0. The molecular formula is C49H78O6. The second-order valence-corrected chi connectivity index (χ2v) is 13.8. The molecule has 0 aromatic heterocycles. The normalized spacial score (nSPS) is 13.0. The van der Waals surface area contributed by atoms with Gasteiger partial charge in [-0.15, -0.1) is 0 Å². The number of esters is 3. The van der Waals surface area contributed by atoms with Crippen LogP contribution >= 0.6 is 0 Å². The van der Waals surface area contributed by atoms with Gasteiger partial charge in [0.2, 0.25) is 0 Å². The molecule has 0 aliphatic rings. The minimum Gasteiger partial charge on any atom is -0.462 e. The Kier molecular flexibility index (Phi) is 40.2. The van der Waals surface area contributed by atoms with E-state index >= 15 is 0 Å². The maximum Gasteiger partial charge on any atom is 0.306 e. The van der Waals surface area contributed by atoms with Crippen molar-refractivity contribution in [3.05, 3.63) is 97.2 Å². The lowest BCUT2D eigenvalue weighted by atomic mass is 10.1. The van der Waals surface area contributed by atoms with Crippen LogP contribution < -0.4 is 0 Å². The molecule has 0 heterocycles. The number of rotatable bonds is 37. The van der Waals surface area contributed by atoms with Crippen LogP contribution in [0, 0.1) is 0 Å². The summed E-state index contributed by atoms with van der Waals surface area (Å²) in [5.41, 5.74) is 0. The van der Waals surface area contributed by atoms with Crippen LogP contribution in [0.4, 0.5) is 0 Å². The highest BCUT2D eigenvalue weighted by Gasteiger charge is 2.19. The van der Waals surface area contributed by atoms with Gasteiger partial charge in [0.25, 0.3) is 0 Å². The molecule has 0 aliphatic carbocycles. The third kappa shape index (κ3) is 41.3. The van der Waals surface area contributed by atoms with E-state index in [1.807, 2.05) is 0 Å². The van der Waals surface area contributed by atoms with E-state index in [1.165, 1.54) is 25.7 Å². The Labute approximate surface area is 337 Å². The molecule has 55 heavy (non-hydrogen) atoms. The number of allylic oxidation sites excluding steroid dienone is 16. The lowest BCUT2D eigenvalue weighted by Crippen LogP contribution is -2.30. The first-order valence-corrected chi connectivity index (χ1v) is 21.7. The fraction of sp³-hybridized carbons (Fsp3) is 0.612. The predicted octanol–water partition coefficient (Wildman–Crippen LogP) is 13.9. The highest BCUT2D eigenvalue weighted by molar-refractivity contribution is 5.71. The lowest BCUT2D eigenvalue weighted by Gasteiger charge is -2.18. The molecule has 0 spiro atoms. The van der Waals surface area contributed by atoms with E-state index in [1.54, 1.807) is 0 Å².